The van der Waals surface area contributed by atoms with E-state index in [4.69, 9.17) is 18.6 Å². The van der Waals surface area contributed by atoms with Gasteiger partial charge in [0.2, 0.25) is 0 Å². The van der Waals surface area contributed by atoms with Crippen molar-refractivity contribution in [2.75, 3.05) is 0 Å². The first kappa shape index (κ1) is 36.5. The van der Waals surface area contributed by atoms with Crippen LogP contribution in [0.3, 0.4) is 0 Å². The molecule has 0 saturated heterocycles. The Morgan fingerprint density at radius 3 is 0.550 bits per heavy atom. The molecule has 0 atom stereocenters. The predicted molar refractivity (Wildman–Crippen MR) is 60.9 cm³/mol. The van der Waals surface area contributed by atoms with Crippen LogP contribution in [0.5, 0.6) is 0 Å². The van der Waals surface area contributed by atoms with E-state index in [1.807, 2.05) is 61.4 Å². The summed E-state index contributed by atoms with van der Waals surface area (Å²) in [6.45, 7) is 18.0. The van der Waals surface area contributed by atoms with E-state index in [9.17, 15) is 0 Å². The maximum absolute atomic E-state index is 7.50. The predicted octanol–water partition coefficient (Wildman–Crippen LogP) is 2.48. The molecule has 0 saturated carbocycles. The van der Waals surface area contributed by atoms with Crippen molar-refractivity contribution in [1.82, 2.24) is 0 Å². The van der Waals surface area contributed by atoms with Crippen molar-refractivity contribution < 1.29 is 57.6 Å². The van der Waals surface area contributed by atoms with Gasteiger partial charge in [0.15, 0.2) is 0 Å². The zero-order valence-corrected chi connectivity index (χ0v) is 13.6. The number of allylic oxidation sites excluding steroid dienone is 8. The van der Waals surface area contributed by atoms with Gasteiger partial charge < -0.3 is 0 Å². The van der Waals surface area contributed by atoms with Gasteiger partial charge in [-0.1, -0.05) is 48.6 Å². The van der Waals surface area contributed by atoms with Crippen LogP contribution in [0.25, 0.3) is 0 Å². The Balaban J connectivity index is -0.0000000311. The molecule has 4 nitrogen and oxygen atoms in total. The Morgan fingerprint density at radius 1 is 0.350 bits per heavy atom. The molecule has 0 aromatic heterocycles. The van der Waals surface area contributed by atoms with Gasteiger partial charge in [-0.3, -0.25) is 0 Å². The van der Waals surface area contributed by atoms with Gasteiger partial charge in [-0.15, -0.1) is 0 Å². The average molecular weight is 444 g/mol. The van der Waals surface area contributed by atoms with Crippen molar-refractivity contribution in [3.63, 3.8) is 0 Å². The van der Waals surface area contributed by atoms with Gasteiger partial charge in [0.1, 0.15) is 0 Å². The van der Waals surface area contributed by atoms with Crippen molar-refractivity contribution in [1.29, 1.82) is 0 Å². The first-order valence-electron chi connectivity index (χ1n) is 4.15. The molecule has 106 valence electrons. The molecule has 0 N–H and O–H groups in total. The molecule has 6 heteroatoms. The smallest absolute Gasteiger partial charge is 0.00506 e. The van der Waals surface area contributed by atoms with Crippen molar-refractivity contribution in [3.8, 4) is 0 Å². The molecule has 0 amide bonds. The minimum Gasteiger partial charge on any atom is -0.0767 e. The summed E-state index contributed by atoms with van der Waals surface area (Å²) in [6.07, 6.45) is 20.0. The van der Waals surface area contributed by atoms with Gasteiger partial charge in [0, 0.05) is 51.8 Å². The van der Waals surface area contributed by atoms with E-state index < -0.39 is 0 Å². The van der Waals surface area contributed by atoms with Gasteiger partial charge in [-0.05, 0) is 0 Å². The van der Waals surface area contributed by atoms with Crippen LogP contribution in [0.15, 0.2) is 48.6 Å². The fraction of sp³-hybridized carbons (Fsp3) is 0. The van der Waals surface area contributed by atoms with Gasteiger partial charge in [0.05, 0.1) is 0 Å². The Bertz CT molecular complexity index is 268. The zero-order chi connectivity index (χ0) is 15.1. The summed E-state index contributed by atoms with van der Waals surface area (Å²) in [4.78, 5) is 0. The molecule has 2 rings (SSSR count). The second-order valence-corrected chi connectivity index (χ2v) is 1.92. The maximum Gasteiger partial charge on any atom is 0.00506 e. The summed E-state index contributed by atoms with van der Waals surface area (Å²) in [5.74, 6) is 0. The fourth-order valence-electron chi connectivity index (χ4n) is 0.642. The van der Waals surface area contributed by atoms with E-state index in [0.29, 0.717) is 0 Å². The normalized spacial score (nSPS) is 9.20. The monoisotopic (exact) mass is 446 g/mol. The standard InChI is InChI=1S/2C5H5.4CO.2Ru/c2*1-2-4-5-3-1;4*1-2;;/h2*1-5H;;;;;;. The summed E-state index contributed by atoms with van der Waals surface area (Å²) in [7, 11) is 0. The molecule has 2 aliphatic rings. The van der Waals surface area contributed by atoms with Gasteiger partial charge in [-0.2, -0.15) is 0 Å². The Labute approximate surface area is 145 Å². The van der Waals surface area contributed by atoms with Gasteiger partial charge >= 0.3 is 45.2 Å². The summed E-state index contributed by atoms with van der Waals surface area (Å²) in [6, 6.07) is 0. The number of hydrogen-bond acceptors (Lipinski definition) is 0. The van der Waals surface area contributed by atoms with Crippen LogP contribution >= 0.6 is 0 Å². The third kappa shape index (κ3) is 53.4. The van der Waals surface area contributed by atoms with E-state index >= 15 is 0 Å². The molecule has 0 aliphatic heterocycles. The van der Waals surface area contributed by atoms with Crippen molar-refractivity contribution in [3.05, 3.63) is 88.1 Å². The first-order valence-corrected chi connectivity index (χ1v) is 4.15. The topological polar surface area (TPSA) is 79.6 Å². The molecule has 2 radical (unpaired) electrons. The second-order valence-electron chi connectivity index (χ2n) is 1.92. The van der Waals surface area contributed by atoms with E-state index in [0.717, 1.165) is 0 Å². The molecule has 0 aromatic carbocycles. The van der Waals surface area contributed by atoms with E-state index in [2.05, 4.69) is 26.6 Å². The summed E-state index contributed by atoms with van der Waals surface area (Å²) in [5, 5.41) is 0. The fourth-order valence-corrected chi connectivity index (χ4v) is 0.642. The van der Waals surface area contributed by atoms with Crippen LogP contribution in [0.2, 0.25) is 0 Å². The molecule has 20 heavy (non-hydrogen) atoms. The SMILES string of the molecule is [C-]#[O+].[C-]#[O+].[C-]#[O+].[C-]#[O+].[CH]1C=CC=C1.[CH]1C=CC=C1.[Ru].[Ru]. The average Bonchev–Trinajstić information content (AvgIpc) is 3.25. The van der Waals surface area contributed by atoms with E-state index in [1.54, 1.807) is 0 Å². The summed E-state index contributed by atoms with van der Waals surface area (Å²) in [5.41, 5.74) is 0. The summed E-state index contributed by atoms with van der Waals surface area (Å²) < 4.78 is 30.0. The Hall–Kier alpha value is -0.833. The Morgan fingerprint density at radius 2 is 0.500 bits per heavy atom. The van der Waals surface area contributed by atoms with Gasteiger partial charge in [0.25, 0.3) is 0 Å². The molecule has 0 fully saturated rings. The van der Waals surface area contributed by atoms with Crippen LogP contribution in [-0.2, 0) is 57.6 Å². The first-order chi connectivity index (χ1) is 9.00. The molecule has 2 aliphatic carbocycles. The molecule has 0 unspecified atom stereocenters. The second kappa shape index (κ2) is 63.7. The Kier molecular flexibility index (Phi) is 116. The molecule has 0 spiro atoms. The van der Waals surface area contributed by atoms with Crippen LogP contribution < -0.4 is 0 Å². The summed E-state index contributed by atoms with van der Waals surface area (Å²) >= 11 is 0. The van der Waals surface area contributed by atoms with Gasteiger partial charge in [-0.25, -0.2) is 0 Å². The van der Waals surface area contributed by atoms with Crippen molar-refractivity contribution in [2.45, 2.75) is 0 Å². The number of rotatable bonds is 0. The van der Waals surface area contributed by atoms with E-state index in [1.165, 1.54) is 0 Å². The van der Waals surface area contributed by atoms with Crippen molar-refractivity contribution in [2.24, 2.45) is 0 Å². The maximum atomic E-state index is 7.50. The minimum atomic E-state index is 0. The molecular weight excluding hydrogens is 434 g/mol. The zero-order valence-electron chi connectivity index (χ0n) is 10.1. The minimum absolute atomic E-state index is 0. The molecule has 0 heterocycles. The van der Waals surface area contributed by atoms with Crippen LogP contribution in [0.4, 0.5) is 0 Å². The van der Waals surface area contributed by atoms with E-state index in [-0.39, 0.29) is 39.0 Å². The van der Waals surface area contributed by atoms with Crippen LogP contribution in [0, 0.1) is 39.4 Å². The van der Waals surface area contributed by atoms with Crippen LogP contribution in [-0.4, -0.2) is 0 Å². The largest absolute Gasteiger partial charge is 0.0767 e. The third-order valence-corrected chi connectivity index (χ3v) is 1.11. The molecule has 0 bridgehead atoms. The quantitative estimate of drug-likeness (QED) is 0.313. The number of hydrogen-bond donors (Lipinski definition) is 0. The molecular formula is C14H10O4Ru2. The van der Waals surface area contributed by atoms with Crippen LogP contribution in [0.1, 0.15) is 0 Å². The molecule has 0 aromatic rings. The van der Waals surface area contributed by atoms with Crippen molar-refractivity contribution >= 4 is 0 Å². The third-order valence-electron chi connectivity index (χ3n) is 1.11.